The van der Waals surface area contributed by atoms with Gasteiger partial charge in [-0.25, -0.2) is 0 Å². The number of hydrogen-bond acceptors (Lipinski definition) is 5. The summed E-state index contributed by atoms with van der Waals surface area (Å²) in [5.74, 6) is 0.880. The van der Waals surface area contributed by atoms with Crippen LogP contribution in [0, 0.1) is 17.8 Å². The molecular weight excluding hydrogens is 504 g/mol. The number of carbonyl (C=O) groups is 4. The zero-order valence-electron chi connectivity index (χ0n) is 24.6. The number of carbonyl (C=O) groups excluding carboxylic acids is 4. The predicted molar refractivity (Wildman–Crippen MR) is 156 cm³/mol. The van der Waals surface area contributed by atoms with Gasteiger partial charge in [-0.3, -0.25) is 19.2 Å². The summed E-state index contributed by atoms with van der Waals surface area (Å²) in [6.45, 7) is 6.99. The van der Waals surface area contributed by atoms with Crippen molar-refractivity contribution in [2.75, 3.05) is 39.8 Å². The highest BCUT2D eigenvalue weighted by atomic mass is 16.2. The van der Waals surface area contributed by atoms with Crippen molar-refractivity contribution in [3.63, 3.8) is 0 Å². The zero-order chi connectivity index (χ0) is 28.6. The minimum atomic E-state index is -0.429. The normalized spacial score (nSPS) is 23.2. The van der Waals surface area contributed by atoms with Crippen LogP contribution in [0.3, 0.4) is 0 Å². The summed E-state index contributed by atoms with van der Waals surface area (Å²) in [5.41, 5.74) is 1.65. The van der Waals surface area contributed by atoms with Gasteiger partial charge in [-0.15, -0.1) is 0 Å². The van der Waals surface area contributed by atoms with E-state index in [1.807, 2.05) is 50.1 Å². The minimum Gasteiger partial charge on any atom is -0.345 e. The van der Waals surface area contributed by atoms with Crippen LogP contribution in [0.15, 0.2) is 24.3 Å². The lowest BCUT2D eigenvalue weighted by Gasteiger charge is -2.34. The lowest BCUT2D eigenvalue weighted by atomic mass is 9.80. The molecule has 3 amide bonds. The Morgan fingerprint density at radius 3 is 2.50 bits per heavy atom. The lowest BCUT2D eigenvalue weighted by Crippen LogP contribution is -2.48. The number of benzene rings is 1. The van der Waals surface area contributed by atoms with Gasteiger partial charge in [0.2, 0.25) is 11.8 Å². The van der Waals surface area contributed by atoms with E-state index >= 15 is 0 Å². The fourth-order valence-corrected chi connectivity index (χ4v) is 6.64. The second-order valence-corrected chi connectivity index (χ2v) is 12.5. The Hall–Kier alpha value is -2.74. The van der Waals surface area contributed by atoms with Crippen molar-refractivity contribution in [2.45, 2.75) is 83.6 Å². The predicted octanol–water partition coefficient (Wildman–Crippen LogP) is 3.75. The molecule has 2 saturated heterocycles. The van der Waals surface area contributed by atoms with Crippen molar-refractivity contribution in [2.24, 2.45) is 17.8 Å². The van der Waals surface area contributed by atoms with Gasteiger partial charge in [-0.05, 0) is 61.6 Å². The summed E-state index contributed by atoms with van der Waals surface area (Å²) in [4.78, 5) is 54.8. The van der Waals surface area contributed by atoms with Crippen LogP contribution in [0.1, 0.15) is 93.5 Å². The van der Waals surface area contributed by atoms with Crippen molar-refractivity contribution in [1.29, 1.82) is 0 Å². The SMILES string of the molecule is CC(C)C(=O)[C@H](NC(=O)c1cccc(C2CCCN(C(=O)CNCC3CCC(=O)N(C)C3)C2)c1)C1CCCCC1. The van der Waals surface area contributed by atoms with Crippen molar-refractivity contribution >= 4 is 23.5 Å². The van der Waals surface area contributed by atoms with Crippen LogP contribution < -0.4 is 10.6 Å². The van der Waals surface area contributed by atoms with E-state index in [0.717, 1.165) is 70.1 Å². The summed E-state index contributed by atoms with van der Waals surface area (Å²) >= 11 is 0. The maximum atomic E-state index is 13.4. The number of rotatable bonds is 10. The molecule has 1 aromatic rings. The standard InChI is InChI=1S/C32H48N4O4/c1-22(2)31(39)30(24-9-5-4-6-10-24)34-32(40)26-12-7-11-25(17-26)27-13-8-16-36(21-27)29(38)19-33-18-23-14-15-28(37)35(3)20-23/h7,11-12,17,22-24,27,30,33H,4-6,8-10,13-16,18-21H2,1-3H3,(H,34,40)/t23?,27?,30-/m1/s1. The molecule has 2 N–H and O–H groups in total. The zero-order valence-corrected chi connectivity index (χ0v) is 24.6. The molecule has 0 radical (unpaired) electrons. The van der Waals surface area contributed by atoms with Crippen molar-refractivity contribution < 1.29 is 19.2 Å². The first kappa shape index (κ1) is 30.2. The first-order valence-corrected chi connectivity index (χ1v) is 15.4. The van der Waals surface area contributed by atoms with Gasteiger partial charge >= 0.3 is 0 Å². The molecule has 40 heavy (non-hydrogen) atoms. The molecule has 1 saturated carbocycles. The number of likely N-dealkylation sites (tertiary alicyclic amines) is 2. The minimum absolute atomic E-state index is 0.0985. The highest BCUT2D eigenvalue weighted by Crippen LogP contribution is 2.30. The Balaban J connectivity index is 1.33. The van der Waals surface area contributed by atoms with Crippen LogP contribution in [-0.2, 0) is 14.4 Å². The fourth-order valence-electron chi connectivity index (χ4n) is 6.64. The Labute approximate surface area is 239 Å². The van der Waals surface area contributed by atoms with Gasteiger partial charge in [0.05, 0.1) is 12.6 Å². The third-order valence-electron chi connectivity index (χ3n) is 9.11. The summed E-state index contributed by atoms with van der Waals surface area (Å²) in [6.07, 6.45) is 8.75. The number of hydrogen-bond donors (Lipinski definition) is 2. The van der Waals surface area contributed by atoms with Gasteiger partial charge in [0.25, 0.3) is 5.91 Å². The van der Waals surface area contributed by atoms with Gasteiger partial charge in [0.1, 0.15) is 0 Å². The van der Waals surface area contributed by atoms with Gasteiger partial charge < -0.3 is 20.4 Å². The van der Waals surface area contributed by atoms with Crippen LogP contribution >= 0.6 is 0 Å². The molecule has 2 unspecified atom stereocenters. The number of piperidine rings is 2. The van der Waals surface area contributed by atoms with E-state index in [2.05, 4.69) is 10.6 Å². The van der Waals surface area contributed by atoms with E-state index in [4.69, 9.17) is 0 Å². The first-order chi connectivity index (χ1) is 19.2. The fraction of sp³-hybridized carbons (Fsp3) is 0.688. The molecule has 1 aliphatic carbocycles. The van der Waals surface area contributed by atoms with Crippen LogP contribution in [0.25, 0.3) is 0 Å². The van der Waals surface area contributed by atoms with Gasteiger partial charge in [-0.1, -0.05) is 45.2 Å². The molecule has 4 rings (SSSR count). The Morgan fingerprint density at radius 1 is 1.00 bits per heavy atom. The summed E-state index contributed by atoms with van der Waals surface area (Å²) in [7, 11) is 1.84. The average Bonchev–Trinajstić information content (AvgIpc) is 2.97. The summed E-state index contributed by atoms with van der Waals surface area (Å²) in [5, 5.41) is 6.43. The molecule has 220 valence electrons. The molecule has 0 bridgehead atoms. The van der Waals surface area contributed by atoms with Gasteiger partial charge in [-0.2, -0.15) is 0 Å². The number of nitrogens with one attached hydrogen (secondary N) is 2. The van der Waals surface area contributed by atoms with E-state index in [0.29, 0.717) is 31.0 Å². The molecule has 0 spiro atoms. The monoisotopic (exact) mass is 552 g/mol. The van der Waals surface area contributed by atoms with Crippen LogP contribution in [0.2, 0.25) is 0 Å². The third-order valence-corrected chi connectivity index (χ3v) is 9.11. The van der Waals surface area contributed by atoms with Crippen molar-refractivity contribution in [1.82, 2.24) is 20.4 Å². The Kier molecular flexibility index (Phi) is 10.8. The second-order valence-electron chi connectivity index (χ2n) is 12.5. The molecule has 3 fully saturated rings. The Morgan fingerprint density at radius 2 is 1.77 bits per heavy atom. The van der Waals surface area contributed by atoms with Gasteiger partial charge in [0, 0.05) is 57.0 Å². The molecule has 8 nitrogen and oxygen atoms in total. The molecule has 8 heteroatoms. The smallest absolute Gasteiger partial charge is 0.251 e. The van der Waals surface area contributed by atoms with E-state index in [9.17, 15) is 19.2 Å². The largest absolute Gasteiger partial charge is 0.345 e. The average molecular weight is 553 g/mol. The summed E-state index contributed by atoms with van der Waals surface area (Å²) < 4.78 is 0. The molecule has 3 aliphatic rings. The molecule has 1 aromatic carbocycles. The number of nitrogens with zero attached hydrogens (tertiary/aromatic N) is 2. The van der Waals surface area contributed by atoms with Crippen LogP contribution in [0.5, 0.6) is 0 Å². The second kappa shape index (κ2) is 14.2. The molecule has 0 aromatic heterocycles. The quantitative estimate of drug-likeness (QED) is 0.461. The number of amides is 3. The van der Waals surface area contributed by atoms with Crippen LogP contribution in [0.4, 0.5) is 0 Å². The molecular formula is C32H48N4O4. The van der Waals surface area contributed by atoms with Crippen molar-refractivity contribution in [3.8, 4) is 0 Å². The number of ketones is 1. The molecule has 3 atom stereocenters. The van der Waals surface area contributed by atoms with E-state index in [-0.39, 0.29) is 41.3 Å². The topological polar surface area (TPSA) is 98.8 Å². The van der Waals surface area contributed by atoms with E-state index in [1.54, 1.807) is 4.90 Å². The molecule has 2 heterocycles. The number of Topliss-reactive ketones (excluding diaryl/α,β-unsaturated/α-hetero) is 1. The Bertz CT molecular complexity index is 1050. The van der Waals surface area contributed by atoms with Crippen LogP contribution in [-0.4, -0.2) is 79.1 Å². The van der Waals surface area contributed by atoms with E-state index < -0.39 is 6.04 Å². The maximum absolute atomic E-state index is 13.4. The third kappa shape index (κ3) is 7.93. The summed E-state index contributed by atoms with van der Waals surface area (Å²) in [6, 6.07) is 7.30. The highest BCUT2D eigenvalue weighted by molar-refractivity contribution is 5.98. The maximum Gasteiger partial charge on any atom is 0.251 e. The van der Waals surface area contributed by atoms with Crippen molar-refractivity contribution in [3.05, 3.63) is 35.4 Å². The highest BCUT2D eigenvalue weighted by Gasteiger charge is 2.33. The molecule has 2 aliphatic heterocycles. The van der Waals surface area contributed by atoms with Gasteiger partial charge in [0.15, 0.2) is 5.78 Å². The lowest BCUT2D eigenvalue weighted by molar-refractivity contribution is -0.134. The van der Waals surface area contributed by atoms with E-state index in [1.165, 1.54) is 6.42 Å². The first-order valence-electron chi connectivity index (χ1n) is 15.4.